The maximum atomic E-state index is 13.4. The molecule has 0 aliphatic carbocycles. The van der Waals surface area contributed by atoms with E-state index in [4.69, 9.17) is 14.9 Å². The highest BCUT2D eigenvalue weighted by Crippen LogP contribution is 2.31. The lowest BCUT2D eigenvalue weighted by atomic mass is 9.98. The Bertz CT molecular complexity index is 976. The average Bonchev–Trinajstić information content (AvgIpc) is 3.14. The molecule has 0 radical (unpaired) electrons. The van der Waals surface area contributed by atoms with Gasteiger partial charge < -0.3 is 20.2 Å². The molecular weight excluding hydrogens is 388 g/mol. The fourth-order valence-electron chi connectivity index (χ4n) is 3.52. The van der Waals surface area contributed by atoms with E-state index in [9.17, 15) is 4.79 Å². The SMILES string of the molecule is CCCC[N-]CCCOc1ccc(C(=O)c2c(CCCC)oc3ccc(N)cc23)cc1. The van der Waals surface area contributed by atoms with Crippen LogP contribution in [0.1, 0.15) is 67.6 Å². The molecule has 1 aromatic heterocycles. The van der Waals surface area contributed by atoms with Crippen LogP contribution < -0.4 is 10.5 Å². The number of nitrogens with two attached hydrogens (primary N) is 1. The van der Waals surface area contributed by atoms with Crippen LogP contribution in [0, 0.1) is 0 Å². The van der Waals surface area contributed by atoms with Crippen LogP contribution in [-0.2, 0) is 6.42 Å². The molecule has 3 aromatic rings. The van der Waals surface area contributed by atoms with Crippen LogP contribution in [0.2, 0.25) is 0 Å². The minimum atomic E-state index is -0.0447. The van der Waals surface area contributed by atoms with Gasteiger partial charge in [0.2, 0.25) is 0 Å². The number of benzene rings is 2. The number of nitrogens with zero attached hydrogens (tertiary/aromatic N) is 1. The molecule has 0 saturated heterocycles. The zero-order valence-electron chi connectivity index (χ0n) is 18.7. The van der Waals surface area contributed by atoms with Gasteiger partial charge in [0, 0.05) is 23.1 Å². The van der Waals surface area contributed by atoms with Gasteiger partial charge in [-0.3, -0.25) is 4.79 Å². The zero-order valence-corrected chi connectivity index (χ0v) is 18.7. The Hall–Kier alpha value is -2.79. The standard InChI is InChI=1S/C26H33N2O3/c1-3-5-8-24-25(22-18-20(27)11-14-23(22)31-24)26(29)19-9-12-21(13-10-19)30-17-7-16-28-15-6-4-2/h9-14,18H,3-8,15-17,27H2,1-2H3/q-1. The largest absolute Gasteiger partial charge is 0.662 e. The van der Waals surface area contributed by atoms with Crippen LogP contribution in [0.25, 0.3) is 16.3 Å². The summed E-state index contributed by atoms with van der Waals surface area (Å²) in [5, 5.41) is 5.26. The summed E-state index contributed by atoms with van der Waals surface area (Å²) in [7, 11) is 0. The van der Waals surface area contributed by atoms with Crippen molar-refractivity contribution < 1.29 is 13.9 Å². The Morgan fingerprint density at radius 3 is 2.48 bits per heavy atom. The first kappa shape index (κ1) is 22.9. The molecule has 31 heavy (non-hydrogen) atoms. The molecule has 0 aliphatic rings. The fraction of sp³-hybridized carbons (Fsp3) is 0.423. The van der Waals surface area contributed by atoms with Gasteiger partial charge in [-0.25, -0.2) is 0 Å². The summed E-state index contributed by atoms with van der Waals surface area (Å²) in [5.74, 6) is 1.45. The minimum Gasteiger partial charge on any atom is -0.662 e. The molecule has 0 fully saturated rings. The van der Waals surface area contributed by atoms with Crippen molar-refractivity contribution in [3.05, 3.63) is 64.7 Å². The van der Waals surface area contributed by atoms with Crippen molar-refractivity contribution in [3.8, 4) is 5.75 Å². The van der Waals surface area contributed by atoms with E-state index in [0.717, 1.165) is 62.1 Å². The molecule has 0 amide bonds. The summed E-state index contributed by atoms with van der Waals surface area (Å²) in [4.78, 5) is 13.4. The van der Waals surface area contributed by atoms with E-state index < -0.39 is 0 Å². The third-order valence-electron chi connectivity index (χ3n) is 5.28. The van der Waals surface area contributed by atoms with E-state index in [2.05, 4.69) is 19.2 Å². The Morgan fingerprint density at radius 2 is 1.74 bits per heavy atom. The Balaban J connectivity index is 1.68. The Labute approximate surface area is 185 Å². The molecule has 0 aliphatic heterocycles. The van der Waals surface area contributed by atoms with Crippen molar-refractivity contribution in [2.45, 2.75) is 52.4 Å². The molecule has 3 rings (SSSR count). The van der Waals surface area contributed by atoms with Gasteiger partial charge in [0.15, 0.2) is 5.78 Å². The summed E-state index contributed by atoms with van der Waals surface area (Å²) >= 11 is 0. The first-order chi connectivity index (χ1) is 15.1. The smallest absolute Gasteiger partial charge is 0.197 e. The van der Waals surface area contributed by atoms with E-state index in [1.165, 1.54) is 6.42 Å². The number of furan rings is 1. The Morgan fingerprint density at radius 1 is 1.00 bits per heavy atom. The molecule has 1 heterocycles. The van der Waals surface area contributed by atoms with Gasteiger partial charge in [0.25, 0.3) is 0 Å². The number of aryl methyl sites for hydroxylation is 1. The lowest BCUT2D eigenvalue weighted by Crippen LogP contribution is -2.05. The first-order valence-electron chi connectivity index (χ1n) is 11.4. The molecule has 0 atom stereocenters. The maximum absolute atomic E-state index is 13.4. The van der Waals surface area contributed by atoms with Crippen molar-refractivity contribution >= 4 is 22.4 Å². The van der Waals surface area contributed by atoms with Crippen LogP contribution in [0.3, 0.4) is 0 Å². The number of anilines is 1. The zero-order chi connectivity index (χ0) is 22.1. The second kappa shape index (κ2) is 11.6. The molecule has 2 N–H and O–H groups in total. The summed E-state index contributed by atoms with van der Waals surface area (Å²) in [6.45, 7) is 6.68. The van der Waals surface area contributed by atoms with E-state index in [1.807, 2.05) is 36.4 Å². The predicted molar refractivity (Wildman–Crippen MR) is 127 cm³/mol. The minimum absolute atomic E-state index is 0.0447. The number of unbranched alkanes of at least 4 members (excludes halogenated alkanes) is 2. The molecule has 0 saturated carbocycles. The lowest BCUT2D eigenvalue weighted by Gasteiger charge is -2.17. The number of ketones is 1. The Kier molecular flexibility index (Phi) is 8.53. The van der Waals surface area contributed by atoms with Gasteiger partial charge in [-0.2, -0.15) is 0 Å². The molecule has 166 valence electrons. The van der Waals surface area contributed by atoms with E-state index in [-0.39, 0.29) is 5.78 Å². The highest BCUT2D eigenvalue weighted by molar-refractivity contribution is 6.17. The number of hydrogen-bond acceptors (Lipinski definition) is 4. The number of nitrogen functional groups attached to an aromatic ring is 1. The van der Waals surface area contributed by atoms with Crippen LogP contribution in [0.15, 0.2) is 46.9 Å². The second-order valence-corrected chi connectivity index (χ2v) is 7.84. The molecular formula is C26H33N2O3-. The molecule has 5 heteroatoms. The molecule has 0 unspecified atom stereocenters. The lowest BCUT2D eigenvalue weighted by molar-refractivity contribution is 0.103. The van der Waals surface area contributed by atoms with E-state index in [1.54, 1.807) is 6.07 Å². The van der Waals surface area contributed by atoms with Crippen LogP contribution >= 0.6 is 0 Å². The number of carbonyl (C=O) groups excluding carboxylic acids is 1. The topological polar surface area (TPSA) is 79.6 Å². The summed E-state index contributed by atoms with van der Waals surface area (Å²) in [6.07, 6.45) is 5.95. The monoisotopic (exact) mass is 421 g/mol. The van der Waals surface area contributed by atoms with Crippen molar-refractivity contribution in [1.29, 1.82) is 0 Å². The number of fused-ring (bicyclic) bond motifs is 1. The van der Waals surface area contributed by atoms with Crippen LogP contribution in [0.4, 0.5) is 5.69 Å². The number of carbonyl (C=O) groups is 1. The molecule has 2 aromatic carbocycles. The third-order valence-corrected chi connectivity index (χ3v) is 5.28. The molecule has 5 nitrogen and oxygen atoms in total. The number of rotatable bonds is 13. The second-order valence-electron chi connectivity index (χ2n) is 7.84. The third kappa shape index (κ3) is 6.11. The fourth-order valence-corrected chi connectivity index (χ4v) is 3.52. The van der Waals surface area contributed by atoms with E-state index >= 15 is 0 Å². The summed E-state index contributed by atoms with van der Waals surface area (Å²) in [5.41, 5.74) is 8.54. The summed E-state index contributed by atoms with van der Waals surface area (Å²) in [6, 6.07) is 12.8. The average molecular weight is 422 g/mol. The number of ether oxygens (including phenoxy) is 1. The first-order valence-corrected chi connectivity index (χ1v) is 11.4. The summed E-state index contributed by atoms with van der Waals surface area (Å²) < 4.78 is 11.8. The van der Waals surface area contributed by atoms with Crippen LogP contribution in [0.5, 0.6) is 5.75 Å². The normalized spacial score (nSPS) is 11.2. The number of hydrogen-bond donors (Lipinski definition) is 1. The van der Waals surface area contributed by atoms with E-state index in [0.29, 0.717) is 29.0 Å². The van der Waals surface area contributed by atoms with Gasteiger partial charge >= 0.3 is 0 Å². The highest BCUT2D eigenvalue weighted by atomic mass is 16.5. The predicted octanol–water partition coefficient (Wildman–Crippen LogP) is 6.53. The van der Waals surface area contributed by atoms with Crippen molar-refractivity contribution in [1.82, 2.24) is 0 Å². The van der Waals surface area contributed by atoms with Gasteiger partial charge in [0.1, 0.15) is 17.1 Å². The quantitative estimate of drug-likeness (QED) is 0.193. The maximum Gasteiger partial charge on any atom is 0.197 e. The van der Waals surface area contributed by atoms with Gasteiger partial charge in [-0.1, -0.05) is 33.1 Å². The van der Waals surface area contributed by atoms with Gasteiger partial charge in [0.05, 0.1) is 12.2 Å². The van der Waals surface area contributed by atoms with Crippen molar-refractivity contribution in [2.75, 3.05) is 25.4 Å². The van der Waals surface area contributed by atoms with Crippen LogP contribution in [-0.4, -0.2) is 25.5 Å². The van der Waals surface area contributed by atoms with Crippen molar-refractivity contribution in [2.24, 2.45) is 0 Å². The molecule has 0 spiro atoms. The van der Waals surface area contributed by atoms with Crippen molar-refractivity contribution in [3.63, 3.8) is 0 Å². The molecule has 0 bridgehead atoms. The highest BCUT2D eigenvalue weighted by Gasteiger charge is 2.22. The van der Waals surface area contributed by atoms with Gasteiger partial charge in [-0.05, 0) is 55.3 Å². The van der Waals surface area contributed by atoms with Gasteiger partial charge in [-0.15, -0.1) is 13.1 Å².